The highest BCUT2D eigenvalue weighted by Gasteiger charge is 2.31. The summed E-state index contributed by atoms with van der Waals surface area (Å²) >= 11 is 0. The molecule has 0 radical (unpaired) electrons. The predicted molar refractivity (Wildman–Crippen MR) is 108 cm³/mol. The fourth-order valence-electron chi connectivity index (χ4n) is 3.98. The van der Waals surface area contributed by atoms with Crippen LogP contribution in [0.1, 0.15) is 48.9 Å². The van der Waals surface area contributed by atoms with Gasteiger partial charge in [0.1, 0.15) is 10.6 Å². The highest BCUT2D eigenvalue weighted by Crippen LogP contribution is 2.30. The summed E-state index contributed by atoms with van der Waals surface area (Å²) in [6.07, 6.45) is 4.74. The summed E-state index contributed by atoms with van der Waals surface area (Å²) in [5.41, 5.74) is 5.66. The molecule has 9 heteroatoms. The van der Waals surface area contributed by atoms with E-state index in [1.807, 2.05) is 0 Å². The second kappa shape index (κ2) is 9.13. The Morgan fingerprint density at radius 3 is 2.21 bits per heavy atom. The van der Waals surface area contributed by atoms with Gasteiger partial charge in [-0.2, -0.15) is 4.31 Å². The van der Waals surface area contributed by atoms with Crippen LogP contribution in [-0.2, 0) is 14.8 Å². The van der Waals surface area contributed by atoms with Crippen LogP contribution in [-0.4, -0.2) is 62.7 Å². The van der Waals surface area contributed by atoms with Crippen molar-refractivity contribution in [3.05, 3.63) is 23.8 Å². The topological polar surface area (TPSA) is 110 Å². The molecule has 0 aliphatic carbocycles. The van der Waals surface area contributed by atoms with Gasteiger partial charge in [0.05, 0.1) is 7.11 Å². The molecular weight excluding hydrogens is 394 g/mol. The van der Waals surface area contributed by atoms with E-state index in [-0.39, 0.29) is 28.4 Å². The minimum absolute atomic E-state index is 0.0276. The Morgan fingerprint density at radius 1 is 1.03 bits per heavy atom. The number of hydrogen-bond acceptors (Lipinski definition) is 5. The van der Waals surface area contributed by atoms with E-state index in [1.165, 1.54) is 23.5 Å². The molecule has 3 rings (SSSR count). The number of carbonyl (C=O) groups is 2. The monoisotopic (exact) mass is 423 g/mol. The summed E-state index contributed by atoms with van der Waals surface area (Å²) in [5.74, 6) is -0.567. The number of amides is 2. The third kappa shape index (κ3) is 4.72. The van der Waals surface area contributed by atoms with Crippen molar-refractivity contribution in [2.45, 2.75) is 43.4 Å². The van der Waals surface area contributed by atoms with Crippen molar-refractivity contribution >= 4 is 21.8 Å². The van der Waals surface area contributed by atoms with E-state index < -0.39 is 10.0 Å². The molecule has 2 aliphatic heterocycles. The van der Waals surface area contributed by atoms with Gasteiger partial charge in [-0.15, -0.1) is 0 Å². The number of carbonyl (C=O) groups excluding carboxylic acids is 2. The third-order valence-electron chi connectivity index (χ3n) is 5.78. The van der Waals surface area contributed by atoms with Gasteiger partial charge >= 0.3 is 0 Å². The van der Waals surface area contributed by atoms with Gasteiger partial charge in [-0.3, -0.25) is 9.59 Å². The van der Waals surface area contributed by atoms with Gasteiger partial charge in [0.25, 0.3) is 5.91 Å². The van der Waals surface area contributed by atoms with E-state index in [0.717, 1.165) is 25.7 Å². The smallest absolute Gasteiger partial charge is 0.253 e. The van der Waals surface area contributed by atoms with Crippen LogP contribution in [0.5, 0.6) is 5.75 Å². The standard InChI is InChI=1S/C20H29N3O5S/c1-28-17-7-6-16(20(25)22-12-8-15(9-13-22)19(21)24)14-18(17)29(26,27)23-10-4-2-3-5-11-23/h6-7,14-15H,2-5,8-13H2,1H3,(H2,21,24). The largest absolute Gasteiger partial charge is 0.495 e. The van der Waals surface area contributed by atoms with Crippen LogP contribution in [0.4, 0.5) is 0 Å². The summed E-state index contributed by atoms with van der Waals surface area (Å²) in [5, 5.41) is 0. The maximum atomic E-state index is 13.3. The Kier molecular flexibility index (Phi) is 6.79. The molecule has 8 nitrogen and oxygen atoms in total. The number of likely N-dealkylation sites (tertiary alicyclic amines) is 1. The number of primary amides is 1. The number of sulfonamides is 1. The van der Waals surface area contributed by atoms with Gasteiger partial charge in [-0.05, 0) is 43.9 Å². The van der Waals surface area contributed by atoms with Crippen molar-refractivity contribution in [3.63, 3.8) is 0 Å². The molecule has 160 valence electrons. The lowest BCUT2D eigenvalue weighted by Gasteiger charge is -2.30. The lowest BCUT2D eigenvalue weighted by Crippen LogP contribution is -2.41. The average molecular weight is 424 g/mol. The zero-order valence-electron chi connectivity index (χ0n) is 16.8. The van der Waals surface area contributed by atoms with Crippen LogP contribution < -0.4 is 10.5 Å². The summed E-state index contributed by atoms with van der Waals surface area (Å²) < 4.78 is 33.3. The van der Waals surface area contributed by atoms with E-state index in [1.54, 1.807) is 11.0 Å². The van der Waals surface area contributed by atoms with E-state index in [9.17, 15) is 18.0 Å². The summed E-state index contributed by atoms with van der Waals surface area (Å²) in [4.78, 5) is 26.0. The van der Waals surface area contributed by atoms with Crippen molar-refractivity contribution in [1.29, 1.82) is 0 Å². The molecule has 2 saturated heterocycles. The van der Waals surface area contributed by atoms with Gasteiger partial charge in [-0.25, -0.2) is 8.42 Å². The van der Waals surface area contributed by atoms with Crippen molar-refractivity contribution in [3.8, 4) is 5.75 Å². The quantitative estimate of drug-likeness (QED) is 0.773. The molecule has 2 fully saturated rings. The van der Waals surface area contributed by atoms with Gasteiger partial charge in [-0.1, -0.05) is 12.8 Å². The lowest BCUT2D eigenvalue weighted by atomic mass is 9.96. The number of ether oxygens (including phenoxy) is 1. The second-order valence-corrected chi connectivity index (χ2v) is 9.56. The van der Waals surface area contributed by atoms with E-state index in [2.05, 4.69) is 0 Å². The molecule has 1 aromatic carbocycles. The van der Waals surface area contributed by atoms with Crippen LogP contribution in [0.2, 0.25) is 0 Å². The highest BCUT2D eigenvalue weighted by atomic mass is 32.2. The van der Waals surface area contributed by atoms with Crippen LogP contribution in [0.25, 0.3) is 0 Å². The normalized spacial score (nSPS) is 19.6. The summed E-state index contributed by atoms with van der Waals surface area (Å²) in [6, 6.07) is 4.54. The molecule has 0 bridgehead atoms. The fraction of sp³-hybridized carbons (Fsp3) is 0.600. The van der Waals surface area contributed by atoms with Gasteiger partial charge in [0, 0.05) is 37.7 Å². The van der Waals surface area contributed by atoms with Gasteiger partial charge < -0.3 is 15.4 Å². The maximum absolute atomic E-state index is 13.3. The summed E-state index contributed by atoms with van der Waals surface area (Å²) in [7, 11) is -2.33. The van der Waals surface area contributed by atoms with Gasteiger partial charge in [0.2, 0.25) is 15.9 Å². The molecule has 2 aliphatic rings. The predicted octanol–water partition coefficient (Wildman–Crippen LogP) is 1.60. The maximum Gasteiger partial charge on any atom is 0.253 e. The average Bonchev–Trinajstić information content (AvgIpc) is 3.03. The fourth-order valence-corrected chi connectivity index (χ4v) is 5.68. The number of nitrogens with two attached hydrogens (primary N) is 1. The molecule has 29 heavy (non-hydrogen) atoms. The van der Waals surface area contributed by atoms with Crippen molar-refractivity contribution in [2.75, 3.05) is 33.3 Å². The Balaban J connectivity index is 1.85. The first kappa shape index (κ1) is 21.6. The van der Waals surface area contributed by atoms with E-state index >= 15 is 0 Å². The number of hydrogen-bond donors (Lipinski definition) is 1. The number of methoxy groups -OCH3 is 1. The van der Waals surface area contributed by atoms with E-state index in [4.69, 9.17) is 10.5 Å². The number of benzene rings is 1. The van der Waals surface area contributed by atoms with Gasteiger partial charge in [0.15, 0.2) is 0 Å². The van der Waals surface area contributed by atoms with Crippen molar-refractivity contribution in [1.82, 2.24) is 9.21 Å². The molecule has 2 amide bonds. The minimum atomic E-state index is -3.76. The summed E-state index contributed by atoms with van der Waals surface area (Å²) in [6.45, 7) is 1.80. The zero-order valence-corrected chi connectivity index (χ0v) is 17.6. The molecular formula is C20H29N3O5S. The van der Waals surface area contributed by atoms with E-state index in [0.29, 0.717) is 44.6 Å². The Labute approximate surface area is 172 Å². The highest BCUT2D eigenvalue weighted by molar-refractivity contribution is 7.89. The Morgan fingerprint density at radius 2 is 1.66 bits per heavy atom. The molecule has 1 aromatic rings. The van der Waals surface area contributed by atoms with Crippen LogP contribution in [0, 0.1) is 5.92 Å². The number of nitrogens with zero attached hydrogens (tertiary/aromatic N) is 2. The van der Waals surface area contributed by atoms with Crippen LogP contribution >= 0.6 is 0 Å². The minimum Gasteiger partial charge on any atom is -0.495 e. The zero-order chi connectivity index (χ0) is 21.0. The second-order valence-electron chi connectivity index (χ2n) is 7.65. The first-order valence-corrected chi connectivity index (χ1v) is 11.6. The molecule has 0 spiro atoms. The molecule has 0 unspecified atom stereocenters. The molecule has 0 aromatic heterocycles. The molecule has 0 atom stereocenters. The number of piperidine rings is 1. The van der Waals surface area contributed by atoms with Crippen LogP contribution in [0.3, 0.4) is 0 Å². The Hall–Kier alpha value is -2.13. The first-order valence-electron chi connectivity index (χ1n) is 10.1. The Bertz CT molecular complexity index is 855. The third-order valence-corrected chi connectivity index (χ3v) is 7.70. The SMILES string of the molecule is COc1ccc(C(=O)N2CCC(C(N)=O)CC2)cc1S(=O)(=O)N1CCCCCC1. The van der Waals surface area contributed by atoms with Crippen LogP contribution in [0.15, 0.2) is 23.1 Å². The molecule has 0 saturated carbocycles. The lowest BCUT2D eigenvalue weighted by molar-refractivity contribution is -0.123. The molecule has 2 heterocycles. The molecule has 2 N–H and O–H groups in total. The van der Waals surface area contributed by atoms with Crippen molar-refractivity contribution in [2.24, 2.45) is 11.7 Å². The first-order chi connectivity index (χ1) is 13.8. The number of rotatable bonds is 5. The van der Waals surface area contributed by atoms with Crippen molar-refractivity contribution < 1.29 is 22.7 Å².